The van der Waals surface area contributed by atoms with Crippen LogP contribution in [0.5, 0.6) is 0 Å². The van der Waals surface area contributed by atoms with E-state index < -0.39 is 42.2 Å². The van der Waals surface area contributed by atoms with Crippen LogP contribution in [0.3, 0.4) is 0 Å². The van der Waals surface area contributed by atoms with Crippen molar-refractivity contribution in [1.82, 2.24) is 0 Å². The van der Waals surface area contributed by atoms with Crippen LogP contribution in [0.4, 0.5) is 0 Å². The van der Waals surface area contributed by atoms with E-state index >= 15 is 0 Å². The summed E-state index contributed by atoms with van der Waals surface area (Å²) in [7, 11) is 1.33. The van der Waals surface area contributed by atoms with Gasteiger partial charge < -0.3 is 29.9 Å². The summed E-state index contributed by atoms with van der Waals surface area (Å²) in [5.74, 6) is 0. The number of hydrogen-bond donors (Lipinski definition) is 4. The van der Waals surface area contributed by atoms with Crippen LogP contribution >= 0.6 is 0 Å². The lowest BCUT2D eigenvalue weighted by Gasteiger charge is -2.48. The summed E-state index contributed by atoms with van der Waals surface area (Å²) in [6.45, 7) is 0. The van der Waals surface area contributed by atoms with Crippen LogP contribution in [0.2, 0.25) is 0 Å². The Bertz CT molecular complexity index is 882. The van der Waals surface area contributed by atoms with E-state index in [-0.39, 0.29) is 0 Å². The maximum absolute atomic E-state index is 12.0. The average molecular weight is 437 g/mol. The summed E-state index contributed by atoms with van der Waals surface area (Å²) in [5, 5.41) is 43.5. The summed E-state index contributed by atoms with van der Waals surface area (Å²) >= 11 is 0. The summed E-state index contributed by atoms with van der Waals surface area (Å²) in [4.78, 5) is 0. The highest BCUT2D eigenvalue weighted by Gasteiger charge is 2.54. The zero-order valence-corrected chi connectivity index (χ0v) is 17.7. The second-order valence-electron chi connectivity index (χ2n) is 8.03. The second kappa shape index (κ2) is 9.50. The van der Waals surface area contributed by atoms with Gasteiger partial charge in [-0.15, -0.1) is 0 Å². The molecule has 0 radical (unpaired) electrons. The van der Waals surface area contributed by atoms with Crippen molar-refractivity contribution in [3.05, 3.63) is 108 Å². The average Bonchev–Trinajstić information content (AvgIpc) is 2.85. The lowest BCUT2D eigenvalue weighted by Crippen LogP contribution is -2.64. The number of benzene rings is 3. The molecule has 1 saturated heterocycles. The van der Waals surface area contributed by atoms with Gasteiger partial charge in [0, 0.05) is 7.11 Å². The van der Waals surface area contributed by atoms with Gasteiger partial charge in [0.05, 0.1) is 5.41 Å². The molecule has 3 aromatic carbocycles. The van der Waals surface area contributed by atoms with Crippen molar-refractivity contribution in [3.63, 3.8) is 0 Å². The normalized spacial score (nSPS) is 27.1. The van der Waals surface area contributed by atoms with E-state index in [1.54, 1.807) is 0 Å². The molecule has 1 heterocycles. The van der Waals surface area contributed by atoms with Crippen molar-refractivity contribution in [2.45, 2.75) is 42.2 Å². The third-order valence-electron chi connectivity index (χ3n) is 6.28. The second-order valence-corrected chi connectivity index (χ2v) is 8.03. The Morgan fingerprint density at radius 1 is 0.688 bits per heavy atom. The number of methoxy groups -OCH3 is 1. The Morgan fingerprint density at radius 2 is 1.09 bits per heavy atom. The van der Waals surface area contributed by atoms with Crippen molar-refractivity contribution >= 4 is 0 Å². The van der Waals surface area contributed by atoms with Crippen LogP contribution in [-0.4, -0.2) is 64.3 Å². The van der Waals surface area contributed by atoms with Crippen LogP contribution in [-0.2, 0) is 14.9 Å². The Balaban J connectivity index is 1.95. The van der Waals surface area contributed by atoms with Gasteiger partial charge in [0.1, 0.15) is 30.5 Å². The smallest absolute Gasteiger partial charge is 0.186 e. The first-order valence-electron chi connectivity index (χ1n) is 10.6. The van der Waals surface area contributed by atoms with Crippen LogP contribution in [0.15, 0.2) is 91.0 Å². The van der Waals surface area contributed by atoms with Gasteiger partial charge in [0.2, 0.25) is 0 Å². The van der Waals surface area contributed by atoms with Crippen molar-refractivity contribution in [1.29, 1.82) is 0 Å². The molecule has 0 aliphatic carbocycles. The third kappa shape index (κ3) is 3.75. The van der Waals surface area contributed by atoms with E-state index in [0.717, 1.165) is 16.7 Å². The minimum absolute atomic E-state index is 0.787. The van der Waals surface area contributed by atoms with Crippen LogP contribution in [0.1, 0.15) is 16.7 Å². The molecule has 3 aromatic rings. The minimum Gasteiger partial charge on any atom is -0.389 e. The molecule has 0 amide bonds. The van der Waals surface area contributed by atoms with Gasteiger partial charge in [-0.25, -0.2) is 0 Å². The first-order chi connectivity index (χ1) is 15.5. The Hall–Kier alpha value is -2.58. The van der Waals surface area contributed by atoms with Crippen molar-refractivity contribution < 1.29 is 29.9 Å². The highest BCUT2D eigenvalue weighted by molar-refractivity contribution is 5.52. The molecule has 6 nitrogen and oxygen atoms in total. The predicted octanol–water partition coefficient (Wildman–Crippen LogP) is 1.84. The van der Waals surface area contributed by atoms with Crippen molar-refractivity contribution in [2.75, 3.05) is 7.11 Å². The largest absolute Gasteiger partial charge is 0.389 e. The molecule has 0 spiro atoms. The minimum atomic E-state index is -1.55. The van der Waals surface area contributed by atoms with Crippen molar-refractivity contribution in [2.24, 2.45) is 0 Å². The molecule has 0 saturated carbocycles. The molecule has 4 N–H and O–H groups in total. The molecule has 0 aromatic heterocycles. The van der Waals surface area contributed by atoms with Gasteiger partial charge >= 0.3 is 0 Å². The van der Waals surface area contributed by atoms with Crippen LogP contribution in [0, 0.1) is 0 Å². The monoisotopic (exact) mass is 436 g/mol. The first-order valence-corrected chi connectivity index (χ1v) is 10.6. The van der Waals surface area contributed by atoms with Gasteiger partial charge in [-0.05, 0) is 16.7 Å². The fourth-order valence-electron chi connectivity index (χ4n) is 4.69. The van der Waals surface area contributed by atoms with Crippen LogP contribution < -0.4 is 0 Å². The number of aliphatic hydroxyl groups is 4. The lowest BCUT2D eigenvalue weighted by molar-refractivity contribution is -0.306. The van der Waals surface area contributed by atoms with Gasteiger partial charge in [-0.1, -0.05) is 91.0 Å². The summed E-state index contributed by atoms with van der Waals surface area (Å²) in [6.07, 6.45) is -8.33. The van der Waals surface area contributed by atoms with Gasteiger partial charge in [0.15, 0.2) is 6.29 Å². The Morgan fingerprint density at radius 3 is 1.47 bits per heavy atom. The highest BCUT2D eigenvalue weighted by Crippen LogP contribution is 2.45. The number of aliphatic hydroxyl groups excluding tert-OH is 4. The molecular formula is C26H28O6. The fraction of sp³-hybridized carbons (Fsp3) is 0.308. The summed E-state index contributed by atoms with van der Waals surface area (Å²) < 4.78 is 11.0. The molecule has 4 rings (SSSR count). The van der Waals surface area contributed by atoms with Crippen molar-refractivity contribution in [3.8, 4) is 0 Å². The number of rotatable bonds is 6. The van der Waals surface area contributed by atoms with E-state index in [1.807, 2.05) is 91.0 Å². The first kappa shape index (κ1) is 22.6. The van der Waals surface area contributed by atoms with E-state index in [4.69, 9.17) is 9.47 Å². The zero-order valence-electron chi connectivity index (χ0n) is 17.7. The molecule has 6 atom stereocenters. The quantitative estimate of drug-likeness (QED) is 0.440. The zero-order chi connectivity index (χ0) is 22.7. The topological polar surface area (TPSA) is 99.4 Å². The molecule has 1 aliphatic heterocycles. The van der Waals surface area contributed by atoms with E-state index in [2.05, 4.69) is 0 Å². The molecule has 168 valence electrons. The van der Waals surface area contributed by atoms with Crippen LogP contribution in [0.25, 0.3) is 0 Å². The molecule has 1 fully saturated rings. The Labute approximate surface area is 187 Å². The number of ether oxygens (including phenoxy) is 2. The maximum Gasteiger partial charge on any atom is 0.186 e. The number of hydrogen-bond acceptors (Lipinski definition) is 6. The lowest BCUT2D eigenvalue weighted by atomic mass is 9.63. The van der Waals surface area contributed by atoms with Gasteiger partial charge in [0.25, 0.3) is 0 Å². The standard InChI is InChI=1S/C26H28O6/c1-31-25-22(29)20(27)21(28)23(32-25)24(30)26(17-11-5-2-6-12-17,18-13-7-3-8-14-18)19-15-9-4-10-16-19/h2-16,20-25,27-30H,1H3/t20-,21-,22-,23-,24?,25-/m0/s1. The molecule has 1 aliphatic rings. The third-order valence-corrected chi connectivity index (χ3v) is 6.28. The SMILES string of the molecule is CO[C@H]1O[C@H](C(O)C(c2ccccc2)(c2ccccc2)c2ccccc2)[C@@H](O)[C@H](O)[C@@H]1O. The molecule has 32 heavy (non-hydrogen) atoms. The van der Waals surface area contributed by atoms with Gasteiger partial charge in [-0.2, -0.15) is 0 Å². The molecule has 1 unspecified atom stereocenters. The highest BCUT2D eigenvalue weighted by atomic mass is 16.7. The van der Waals surface area contributed by atoms with E-state index in [9.17, 15) is 20.4 Å². The van der Waals surface area contributed by atoms with E-state index in [0.29, 0.717) is 0 Å². The summed E-state index contributed by atoms with van der Waals surface area (Å²) in [5.41, 5.74) is 1.22. The molecular weight excluding hydrogens is 408 g/mol. The molecule has 6 heteroatoms. The van der Waals surface area contributed by atoms with E-state index in [1.165, 1.54) is 7.11 Å². The predicted molar refractivity (Wildman–Crippen MR) is 119 cm³/mol. The summed E-state index contributed by atoms with van der Waals surface area (Å²) in [6, 6.07) is 28.5. The Kier molecular flexibility index (Phi) is 6.71. The molecule has 0 bridgehead atoms. The maximum atomic E-state index is 12.0. The fourth-order valence-corrected chi connectivity index (χ4v) is 4.69. The van der Waals surface area contributed by atoms with Gasteiger partial charge in [-0.3, -0.25) is 0 Å².